The van der Waals surface area contributed by atoms with E-state index >= 15 is 0 Å². The Kier molecular flexibility index (Phi) is 4.45. The summed E-state index contributed by atoms with van der Waals surface area (Å²) in [7, 11) is 1.62. The van der Waals surface area contributed by atoms with E-state index in [0.29, 0.717) is 13.0 Å². The molecule has 0 saturated carbocycles. The van der Waals surface area contributed by atoms with Crippen LogP contribution < -0.4 is 10.1 Å². The quantitative estimate of drug-likeness (QED) is 0.908. The Bertz CT molecular complexity index is 566. The Hall–Kier alpha value is -2.23. The van der Waals surface area contributed by atoms with Crippen LogP contribution in [0.1, 0.15) is 17.8 Å². The molecule has 1 aromatic heterocycles. The lowest BCUT2D eigenvalue weighted by molar-refractivity contribution is -0.116. The average molecular weight is 272 g/mol. The predicted molar refractivity (Wildman–Crippen MR) is 80.1 cm³/mol. The van der Waals surface area contributed by atoms with E-state index in [1.54, 1.807) is 7.11 Å². The van der Waals surface area contributed by atoms with Gasteiger partial charge in [-0.05, 0) is 50.2 Å². The van der Waals surface area contributed by atoms with E-state index in [9.17, 15) is 4.79 Å². The maximum absolute atomic E-state index is 11.9. The van der Waals surface area contributed by atoms with E-state index < -0.39 is 0 Å². The zero-order valence-electron chi connectivity index (χ0n) is 12.1. The summed E-state index contributed by atoms with van der Waals surface area (Å²) in [6.07, 6.45) is 0.461. The van der Waals surface area contributed by atoms with Gasteiger partial charge in [-0.25, -0.2) is 0 Å². The van der Waals surface area contributed by atoms with Crippen LogP contribution in [-0.2, 0) is 11.3 Å². The summed E-state index contributed by atoms with van der Waals surface area (Å²) in [6.45, 7) is 4.80. The number of ether oxygens (including phenoxy) is 1. The maximum atomic E-state index is 11.9. The number of carbonyl (C=O) groups excluding carboxylic acids is 1. The van der Waals surface area contributed by atoms with Gasteiger partial charge in [0.15, 0.2) is 0 Å². The van der Waals surface area contributed by atoms with E-state index in [1.807, 2.05) is 38.1 Å². The van der Waals surface area contributed by atoms with Gasteiger partial charge in [-0.3, -0.25) is 4.79 Å². The van der Waals surface area contributed by atoms with Gasteiger partial charge >= 0.3 is 0 Å². The summed E-state index contributed by atoms with van der Waals surface area (Å²) >= 11 is 0. The van der Waals surface area contributed by atoms with Crippen molar-refractivity contribution in [1.82, 2.24) is 4.57 Å². The first kappa shape index (κ1) is 14.2. The van der Waals surface area contributed by atoms with Crippen LogP contribution in [0, 0.1) is 13.8 Å². The molecule has 2 aromatic rings. The van der Waals surface area contributed by atoms with Crippen LogP contribution in [0.25, 0.3) is 0 Å². The number of hydrogen-bond acceptors (Lipinski definition) is 2. The number of anilines is 1. The van der Waals surface area contributed by atoms with Gasteiger partial charge in [0.25, 0.3) is 0 Å². The molecule has 106 valence electrons. The molecule has 0 saturated heterocycles. The first-order valence-electron chi connectivity index (χ1n) is 6.67. The van der Waals surface area contributed by atoms with Crippen molar-refractivity contribution in [2.24, 2.45) is 0 Å². The smallest absolute Gasteiger partial charge is 0.226 e. The second-order valence-electron chi connectivity index (χ2n) is 4.79. The highest BCUT2D eigenvalue weighted by atomic mass is 16.5. The highest BCUT2D eigenvalue weighted by Crippen LogP contribution is 2.15. The monoisotopic (exact) mass is 272 g/mol. The molecule has 4 nitrogen and oxygen atoms in total. The highest BCUT2D eigenvalue weighted by Gasteiger charge is 2.06. The number of amides is 1. The van der Waals surface area contributed by atoms with Crippen molar-refractivity contribution < 1.29 is 9.53 Å². The van der Waals surface area contributed by atoms with E-state index in [2.05, 4.69) is 22.0 Å². The number of benzene rings is 1. The maximum Gasteiger partial charge on any atom is 0.226 e. The largest absolute Gasteiger partial charge is 0.497 e. The molecule has 0 radical (unpaired) electrons. The van der Waals surface area contributed by atoms with Crippen LogP contribution in [0.2, 0.25) is 0 Å². The van der Waals surface area contributed by atoms with Gasteiger partial charge in [0.1, 0.15) is 5.75 Å². The van der Waals surface area contributed by atoms with Gasteiger partial charge in [-0.2, -0.15) is 0 Å². The number of nitrogens with one attached hydrogen (secondary N) is 1. The zero-order chi connectivity index (χ0) is 14.5. The molecule has 4 heteroatoms. The minimum atomic E-state index is 0.0164. The van der Waals surface area contributed by atoms with Gasteiger partial charge in [-0.1, -0.05) is 0 Å². The Labute approximate surface area is 119 Å². The molecule has 1 heterocycles. The van der Waals surface area contributed by atoms with Crippen LogP contribution in [0.5, 0.6) is 5.75 Å². The fourth-order valence-electron chi connectivity index (χ4n) is 2.16. The van der Waals surface area contributed by atoms with Crippen molar-refractivity contribution >= 4 is 11.6 Å². The van der Waals surface area contributed by atoms with E-state index in [-0.39, 0.29) is 5.91 Å². The van der Waals surface area contributed by atoms with Crippen LogP contribution in [0.3, 0.4) is 0 Å². The van der Waals surface area contributed by atoms with E-state index in [1.165, 1.54) is 11.4 Å². The lowest BCUT2D eigenvalue weighted by atomic mass is 10.3. The third-order valence-electron chi connectivity index (χ3n) is 3.35. The number of carbonyl (C=O) groups is 1. The third kappa shape index (κ3) is 3.41. The van der Waals surface area contributed by atoms with Crippen molar-refractivity contribution in [3.8, 4) is 5.75 Å². The van der Waals surface area contributed by atoms with Crippen molar-refractivity contribution in [3.63, 3.8) is 0 Å². The number of nitrogens with zero attached hydrogens (tertiary/aromatic N) is 1. The van der Waals surface area contributed by atoms with Crippen molar-refractivity contribution in [1.29, 1.82) is 0 Å². The predicted octanol–water partition coefficient (Wildman–Crippen LogP) is 3.14. The number of aromatic nitrogens is 1. The molecule has 1 aromatic carbocycles. The van der Waals surface area contributed by atoms with Gasteiger partial charge in [0.05, 0.1) is 7.11 Å². The van der Waals surface area contributed by atoms with Gasteiger partial charge in [0, 0.05) is 30.0 Å². The molecule has 0 bridgehead atoms. The Morgan fingerprint density at radius 1 is 1.10 bits per heavy atom. The molecule has 1 amide bonds. The average Bonchev–Trinajstić information content (AvgIpc) is 2.77. The standard InChI is InChI=1S/C16H20N2O2/c1-12-4-5-13(2)18(12)11-10-16(19)17-14-6-8-15(20-3)9-7-14/h4-9H,10-11H2,1-3H3,(H,17,19). The van der Waals surface area contributed by atoms with Gasteiger partial charge in [0.2, 0.25) is 5.91 Å². The Balaban J connectivity index is 1.89. The molecule has 2 rings (SSSR count). The molecule has 0 aliphatic rings. The van der Waals surface area contributed by atoms with Crippen molar-refractivity contribution in [2.75, 3.05) is 12.4 Å². The van der Waals surface area contributed by atoms with Crippen molar-refractivity contribution in [2.45, 2.75) is 26.8 Å². The molecule has 0 fully saturated rings. The van der Waals surface area contributed by atoms with Crippen LogP contribution >= 0.6 is 0 Å². The molecule has 0 aliphatic carbocycles. The first-order chi connectivity index (χ1) is 9.60. The molecule has 1 N–H and O–H groups in total. The Morgan fingerprint density at radius 3 is 2.25 bits per heavy atom. The molecular formula is C16H20N2O2. The normalized spacial score (nSPS) is 10.3. The number of methoxy groups -OCH3 is 1. The lowest BCUT2D eigenvalue weighted by Crippen LogP contribution is -2.15. The summed E-state index contributed by atoms with van der Waals surface area (Å²) in [6, 6.07) is 11.5. The lowest BCUT2D eigenvalue weighted by Gasteiger charge is -2.10. The molecule has 0 spiro atoms. The van der Waals surface area contributed by atoms with Crippen LogP contribution in [-0.4, -0.2) is 17.6 Å². The zero-order valence-corrected chi connectivity index (χ0v) is 12.1. The first-order valence-corrected chi connectivity index (χ1v) is 6.67. The SMILES string of the molecule is COc1ccc(NC(=O)CCn2c(C)ccc2C)cc1. The molecule has 20 heavy (non-hydrogen) atoms. The number of rotatable bonds is 5. The topological polar surface area (TPSA) is 43.3 Å². The van der Waals surface area contributed by atoms with E-state index in [0.717, 1.165) is 11.4 Å². The van der Waals surface area contributed by atoms with Gasteiger partial charge < -0.3 is 14.6 Å². The summed E-state index contributed by atoms with van der Waals surface area (Å²) in [4.78, 5) is 11.9. The molecule has 0 atom stereocenters. The molecular weight excluding hydrogens is 252 g/mol. The fourth-order valence-corrected chi connectivity index (χ4v) is 2.16. The minimum Gasteiger partial charge on any atom is -0.497 e. The molecule has 0 aliphatic heterocycles. The van der Waals surface area contributed by atoms with Crippen LogP contribution in [0.15, 0.2) is 36.4 Å². The van der Waals surface area contributed by atoms with Crippen molar-refractivity contribution in [3.05, 3.63) is 47.8 Å². The second-order valence-corrected chi connectivity index (χ2v) is 4.79. The summed E-state index contributed by atoms with van der Waals surface area (Å²) < 4.78 is 7.23. The van der Waals surface area contributed by atoms with Crippen LogP contribution in [0.4, 0.5) is 5.69 Å². The minimum absolute atomic E-state index is 0.0164. The highest BCUT2D eigenvalue weighted by molar-refractivity contribution is 5.90. The fraction of sp³-hybridized carbons (Fsp3) is 0.312. The second kappa shape index (κ2) is 6.28. The number of aryl methyl sites for hydroxylation is 2. The molecule has 0 unspecified atom stereocenters. The number of hydrogen-bond donors (Lipinski definition) is 1. The summed E-state index contributed by atoms with van der Waals surface area (Å²) in [5.74, 6) is 0.796. The summed E-state index contributed by atoms with van der Waals surface area (Å²) in [5, 5.41) is 2.89. The summed E-state index contributed by atoms with van der Waals surface area (Å²) in [5.41, 5.74) is 3.15. The van der Waals surface area contributed by atoms with Gasteiger partial charge in [-0.15, -0.1) is 0 Å². The Morgan fingerprint density at radius 2 is 1.70 bits per heavy atom. The van der Waals surface area contributed by atoms with E-state index in [4.69, 9.17) is 4.74 Å². The third-order valence-corrected chi connectivity index (χ3v) is 3.35.